The lowest BCUT2D eigenvalue weighted by Crippen LogP contribution is -3.11. The van der Waals surface area contributed by atoms with Gasteiger partial charge in [-0.1, -0.05) is 0 Å². The van der Waals surface area contributed by atoms with Crippen LogP contribution in [0.5, 0.6) is 0 Å². The summed E-state index contributed by atoms with van der Waals surface area (Å²) < 4.78 is 25.6. The number of hydrogen-bond donors (Lipinski definition) is 2. The number of hydrogen-bond acceptors (Lipinski definition) is 4. The zero-order valence-electron chi connectivity index (χ0n) is 15.7. The van der Waals surface area contributed by atoms with E-state index < -0.39 is 9.84 Å². The van der Waals surface area contributed by atoms with Gasteiger partial charge in [0, 0.05) is 29.0 Å². The number of carbonyl (C=O) groups excluding carboxylic acids is 2. The highest BCUT2D eigenvalue weighted by Crippen LogP contribution is 2.29. The Balaban J connectivity index is 1.66. The van der Waals surface area contributed by atoms with Crippen molar-refractivity contribution in [3.05, 3.63) is 23.0 Å². The molecule has 0 spiro atoms. The van der Waals surface area contributed by atoms with E-state index in [2.05, 4.69) is 5.32 Å². The average molecular weight is 383 g/mol. The van der Waals surface area contributed by atoms with E-state index in [1.807, 2.05) is 31.5 Å². The van der Waals surface area contributed by atoms with Gasteiger partial charge in [0.25, 0.3) is 5.91 Å². The molecule has 2 heterocycles. The second-order valence-corrected chi connectivity index (χ2v) is 10.0. The number of Topliss-reactive ketones (excluding diaryl/α,β-unsaturated/α-hetero) is 1. The monoisotopic (exact) mass is 382 g/mol. The van der Waals surface area contributed by atoms with Gasteiger partial charge in [0.05, 0.1) is 18.6 Å². The molecule has 1 aliphatic heterocycles. The van der Waals surface area contributed by atoms with Gasteiger partial charge < -0.3 is 14.8 Å². The summed E-state index contributed by atoms with van der Waals surface area (Å²) in [5, 5.41) is 2.94. The molecule has 2 N–H and O–H groups in total. The molecule has 8 heteroatoms. The Morgan fingerprint density at radius 3 is 2.50 bits per heavy atom. The van der Waals surface area contributed by atoms with E-state index in [9.17, 15) is 18.0 Å². The standard InChI is InChI=1S/C18H27N3O4S/c1-12-8-16(13(2)21(12)15-6-7-26(24,25)11-15)17(22)9-20(3)10-18(23)19-14-4-5-14/h8,14-15H,4-7,9-11H2,1-3H3,(H,19,23)/p+1/t15-/m0/s1. The van der Waals surface area contributed by atoms with Crippen molar-refractivity contribution in [2.75, 3.05) is 31.6 Å². The first-order valence-electron chi connectivity index (χ1n) is 9.19. The molecule has 1 aliphatic carbocycles. The fourth-order valence-electron chi connectivity index (χ4n) is 3.81. The fraction of sp³-hybridized carbons (Fsp3) is 0.667. The van der Waals surface area contributed by atoms with Crippen LogP contribution in [-0.4, -0.2) is 62.4 Å². The fourth-order valence-corrected chi connectivity index (χ4v) is 5.51. The summed E-state index contributed by atoms with van der Waals surface area (Å²) in [4.78, 5) is 25.4. The van der Waals surface area contributed by atoms with Crippen LogP contribution in [0.25, 0.3) is 0 Å². The first kappa shape index (κ1) is 19.1. The third-order valence-electron chi connectivity index (χ3n) is 5.23. The summed E-state index contributed by atoms with van der Waals surface area (Å²) in [5.41, 5.74) is 2.37. The lowest BCUT2D eigenvalue weighted by atomic mass is 10.1. The number of likely N-dealkylation sites (N-methyl/N-ethyl adjacent to an activating group) is 1. The molecule has 1 saturated heterocycles. The van der Waals surface area contributed by atoms with Gasteiger partial charge in [-0.2, -0.15) is 0 Å². The number of sulfone groups is 1. The molecule has 3 rings (SSSR count). The van der Waals surface area contributed by atoms with Crippen LogP contribution < -0.4 is 10.2 Å². The van der Waals surface area contributed by atoms with Crippen LogP contribution in [0, 0.1) is 13.8 Å². The van der Waals surface area contributed by atoms with Crippen molar-refractivity contribution in [1.29, 1.82) is 0 Å². The summed E-state index contributed by atoms with van der Waals surface area (Å²) >= 11 is 0. The summed E-state index contributed by atoms with van der Waals surface area (Å²) in [5.74, 6) is 0.325. The van der Waals surface area contributed by atoms with Crippen molar-refractivity contribution in [3.63, 3.8) is 0 Å². The SMILES string of the molecule is Cc1cc(C(=O)C[NH+](C)CC(=O)NC2CC2)c(C)n1[C@H]1CCS(=O)(=O)C1. The Kier molecular flexibility index (Phi) is 5.25. The number of aryl methyl sites for hydroxylation is 1. The lowest BCUT2D eigenvalue weighted by molar-refractivity contribution is -0.862. The summed E-state index contributed by atoms with van der Waals surface area (Å²) in [7, 11) is -1.14. The van der Waals surface area contributed by atoms with Crippen LogP contribution in [-0.2, 0) is 14.6 Å². The maximum absolute atomic E-state index is 12.7. The van der Waals surface area contributed by atoms with E-state index in [1.54, 1.807) is 0 Å². The van der Waals surface area contributed by atoms with Crippen LogP contribution in [0.4, 0.5) is 0 Å². The second-order valence-electron chi connectivity index (χ2n) is 7.79. The Hall–Kier alpha value is -1.67. The van der Waals surface area contributed by atoms with Crippen molar-refractivity contribution in [2.24, 2.45) is 0 Å². The van der Waals surface area contributed by atoms with Crippen LogP contribution in [0.3, 0.4) is 0 Å². The molecule has 0 bridgehead atoms. The van der Waals surface area contributed by atoms with Crippen molar-refractivity contribution in [1.82, 2.24) is 9.88 Å². The second kappa shape index (κ2) is 7.15. The van der Waals surface area contributed by atoms with Crippen molar-refractivity contribution >= 4 is 21.5 Å². The van der Waals surface area contributed by atoms with Crippen LogP contribution in [0.15, 0.2) is 6.07 Å². The summed E-state index contributed by atoms with van der Waals surface area (Å²) in [6.45, 7) is 4.31. The molecule has 2 aliphatic rings. The number of nitrogens with one attached hydrogen (secondary N) is 2. The number of ketones is 1. The molecule has 144 valence electrons. The van der Waals surface area contributed by atoms with Gasteiger partial charge in [-0.05, 0) is 39.2 Å². The first-order valence-corrected chi connectivity index (χ1v) is 11.0. The minimum Gasteiger partial charge on any atom is -0.348 e. The van der Waals surface area contributed by atoms with Gasteiger partial charge in [0.15, 0.2) is 16.4 Å². The Bertz CT molecular complexity index is 824. The highest BCUT2D eigenvalue weighted by Gasteiger charge is 2.32. The molecular weight excluding hydrogens is 354 g/mol. The van der Waals surface area contributed by atoms with E-state index in [-0.39, 0.29) is 42.3 Å². The van der Waals surface area contributed by atoms with Crippen molar-refractivity contribution in [2.45, 2.75) is 45.2 Å². The average Bonchev–Trinajstić information content (AvgIpc) is 3.18. The number of rotatable bonds is 7. The van der Waals surface area contributed by atoms with Gasteiger partial charge in [0.2, 0.25) is 5.78 Å². The normalized spacial score (nSPS) is 23.0. The van der Waals surface area contributed by atoms with Crippen molar-refractivity contribution in [3.8, 4) is 0 Å². The molecule has 7 nitrogen and oxygen atoms in total. The zero-order chi connectivity index (χ0) is 19.1. The smallest absolute Gasteiger partial charge is 0.275 e. The van der Waals surface area contributed by atoms with E-state index in [0.717, 1.165) is 29.1 Å². The highest BCUT2D eigenvalue weighted by atomic mass is 32.2. The predicted molar refractivity (Wildman–Crippen MR) is 98.3 cm³/mol. The summed E-state index contributed by atoms with van der Waals surface area (Å²) in [6.07, 6.45) is 2.69. The minimum atomic E-state index is -2.98. The van der Waals surface area contributed by atoms with E-state index in [0.29, 0.717) is 18.0 Å². The molecule has 2 atom stereocenters. The molecule has 26 heavy (non-hydrogen) atoms. The summed E-state index contributed by atoms with van der Waals surface area (Å²) in [6, 6.07) is 2.09. The predicted octanol–water partition coefficient (Wildman–Crippen LogP) is -0.559. The number of carbonyl (C=O) groups is 2. The quantitative estimate of drug-likeness (QED) is 0.619. The third-order valence-corrected chi connectivity index (χ3v) is 6.98. The Morgan fingerprint density at radius 1 is 1.23 bits per heavy atom. The van der Waals surface area contributed by atoms with E-state index in [1.165, 1.54) is 0 Å². The zero-order valence-corrected chi connectivity index (χ0v) is 16.5. The number of amides is 1. The number of nitrogens with zero attached hydrogens (tertiary/aromatic N) is 1. The van der Waals surface area contributed by atoms with Crippen molar-refractivity contribution < 1.29 is 22.9 Å². The Labute approximate surface area is 154 Å². The van der Waals surface area contributed by atoms with Gasteiger partial charge >= 0.3 is 0 Å². The van der Waals surface area contributed by atoms with Gasteiger partial charge in [0.1, 0.15) is 6.54 Å². The van der Waals surface area contributed by atoms with Crippen LogP contribution in [0.2, 0.25) is 0 Å². The number of aromatic nitrogens is 1. The lowest BCUT2D eigenvalue weighted by Gasteiger charge is -2.16. The molecule has 1 amide bonds. The molecule has 2 fully saturated rings. The molecule has 1 aromatic heterocycles. The molecule has 0 aromatic carbocycles. The van der Waals surface area contributed by atoms with Crippen LogP contribution >= 0.6 is 0 Å². The molecule has 1 saturated carbocycles. The minimum absolute atomic E-state index is 0.0121. The maximum atomic E-state index is 12.7. The first-order chi connectivity index (χ1) is 12.2. The van der Waals surface area contributed by atoms with Crippen LogP contribution in [0.1, 0.15) is 47.1 Å². The maximum Gasteiger partial charge on any atom is 0.275 e. The third kappa shape index (κ3) is 4.35. The molecule has 1 aromatic rings. The highest BCUT2D eigenvalue weighted by molar-refractivity contribution is 7.91. The van der Waals surface area contributed by atoms with E-state index >= 15 is 0 Å². The van der Waals surface area contributed by atoms with Gasteiger partial charge in [-0.3, -0.25) is 9.59 Å². The molecular formula is C18H28N3O4S+. The molecule has 1 unspecified atom stereocenters. The topological polar surface area (TPSA) is 89.7 Å². The van der Waals surface area contributed by atoms with Gasteiger partial charge in [-0.15, -0.1) is 0 Å². The number of quaternary nitrogens is 1. The van der Waals surface area contributed by atoms with E-state index in [4.69, 9.17) is 0 Å². The Morgan fingerprint density at radius 2 is 1.92 bits per heavy atom. The van der Waals surface area contributed by atoms with Gasteiger partial charge in [-0.25, -0.2) is 8.42 Å². The largest absolute Gasteiger partial charge is 0.348 e. The molecule has 0 radical (unpaired) electrons.